The van der Waals surface area contributed by atoms with Crippen LogP contribution >= 0.6 is 0 Å². The number of fused-ring (bicyclic) bond motifs is 2. The van der Waals surface area contributed by atoms with Gasteiger partial charge in [-0.05, 0) is 131 Å². The smallest absolute Gasteiger partial charge is 0.338 e. The van der Waals surface area contributed by atoms with Crippen LogP contribution in [0.3, 0.4) is 0 Å². The van der Waals surface area contributed by atoms with Crippen molar-refractivity contribution in [3.05, 3.63) is 170 Å². The lowest BCUT2D eigenvalue weighted by Crippen LogP contribution is -2.12. The van der Waals surface area contributed by atoms with E-state index in [0.29, 0.717) is 17.1 Å². The molecule has 0 spiro atoms. The molecule has 0 radical (unpaired) electrons. The number of carbonyl (C=O) groups is 3. The van der Waals surface area contributed by atoms with Gasteiger partial charge in [0, 0.05) is 16.7 Å². The highest BCUT2D eigenvalue weighted by Crippen LogP contribution is 2.38. The Labute approximate surface area is 326 Å². The van der Waals surface area contributed by atoms with E-state index in [4.69, 9.17) is 18.9 Å². The Hall–Kier alpha value is -7.25. The summed E-state index contributed by atoms with van der Waals surface area (Å²) in [6.07, 6.45) is 0. The molecule has 56 heavy (non-hydrogen) atoms. The van der Waals surface area contributed by atoms with Crippen LogP contribution in [0.2, 0.25) is 0 Å². The molecule has 0 aliphatic rings. The summed E-state index contributed by atoms with van der Waals surface area (Å²) in [6, 6.07) is 35.5. The second kappa shape index (κ2) is 16.0. The maximum atomic E-state index is 12.4. The van der Waals surface area contributed by atoms with Crippen molar-refractivity contribution in [1.82, 2.24) is 0 Å². The van der Waals surface area contributed by atoms with Crippen LogP contribution in [0.1, 0.15) is 27.7 Å². The quantitative estimate of drug-likeness (QED) is 0.0308. The molecule has 7 nitrogen and oxygen atoms in total. The topological polar surface area (TPSA) is 88.1 Å². The molecule has 6 rings (SSSR count). The minimum atomic E-state index is -0.626. The second-order valence-corrected chi connectivity index (χ2v) is 13.7. The van der Waals surface area contributed by atoms with Gasteiger partial charge in [0.1, 0.15) is 5.76 Å². The van der Waals surface area contributed by atoms with Crippen LogP contribution in [-0.2, 0) is 14.4 Å². The number of carbonyl (C=O) groups excluding carboxylic acids is 3. The molecule has 6 aromatic carbocycles. The molecule has 0 atom stereocenters. The van der Waals surface area contributed by atoms with Crippen molar-refractivity contribution in [3.8, 4) is 56.4 Å². The van der Waals surface area contributed by atoms with Gasteiger partial charge in [-0.15, -0.1) is 0 Å². The first-order valence-electron chi connectivity index (χ1n) is 17.7. The minimum Gasteiger partial charge on any atom is -0.454 e. The van der Waals surface area contributed by atoms with Crippen LogP contribution in [0.4, 0.5) is 0 Å². The summed E-state index contributed by atoms with van der Waals surface area (Å²) in [4.78, 5) is 37.2. The molecule has 6 aromatic rings. The van der Waals surface area contributed by atoms with E-state index in [1.165, 1.54) is 0 Å². The van der Waals surface area contributed by atoms with Crippen molar-refractivity contribution in [3.63, 3.8) is 0 Å². The standard InChI is InChI=1S/C49H40O7/c1-28(2)32(9)53-43-21-20-39(25-44(43)54-47(50)29(3)4)36-16-12-34(13-17-36)33-10-14-35(15-11-33)37-18-19-38-23-41-26-45(55-48(51)30(5)6)46(56-49(52)31(7)8)27-42(41)24-40(38)22-37/h10-27H,1,3,5,7,9H2,2,4,6,8H3. The number of ether oxygens (including phenoxy) is 4. The van der Waals surface area contributed by atoms with Crippen molar-refractivity contribution < 1.29 is 33.3 Å². The van der Waals surface area contributed by atoms with Crippen LogP contribution < -0.4 is 18.9 Å². The van der Waals surface area contributed by atoms with E-state index >= 15 is 0 Å². The van der Waals surface area contributed by atoms with E-state index < -0.39 is 17.9 Å². The van der Waals surface area contributed by atoms with E-state index in [2.05, 4.69) is 69.3 Å². The molecule has 0 saturated carbocycles. The molecule has 0 aromatic heterocycles. The molecule has 0 heterocycles. The summed E-state index contributed by atoms with van der Waals surface area (Å²) in [6.45, 7) is 25.2. The van der Waals surface area contributed by atoms with Crippen LogP contribution in [0.25, 0.3) is 54.9 Å². The summed E-state index contributed by atoms with van der Waals surface area (Å²) < 4.78 is 22.5. The predicted octanol–water partition coefficient (Wildman–Crippen LogP) is 11.9. The maximum absolute atomic E-state index is 12.4. The fraction of sp³-hybridized carbons (Fsp3) is 0.0816. The normalized spacial score (nSPS) is 10.7. The van der Waals surface area contributed by atoms with E-state index in [1.807, 2.05) is 48.5 Å². The van der Waals surface area contributed by atoms with Gasteiger partial charge in [-0.2, -0.15) is 0 Å². The van der Waals surface area contributed by atoms with Gasteiger partial charge in [0.25, 0.3) is 0 Å². The van der Waals surface area contributed by atoms with Gasteiger partial charge in [0.2, 0.25) is 0 Å². The lowest BCUT2D eigenvalue weighted by atomic mass is 9.96. The monoisotopic (exact) mass is 740 g/mol. The van der Waals surface area contributed by atoms with Gasteiger partial charge in [0.05, 0.1) is 0 Å². The highest BCUT2D eigenvalue weighted by molar-refractivity contribution is 6.02. The van der Waals surface area contributed by atoms with Crippen molar-refractivity contribution >= 4 is 39.5 Å². The largest absolute Gasteiger partial charge is 0.454 e. The first-order valence-corrected chi connectivity index (χ1v) is 17.7. The van der Waals surface area contributed by atoms with Crippen LogP contribution in [0, 0.1) is 0 Å². The number of rotatable bonds is 12. The van der Waals surface area contributed by atoms with Crippen molar-refractivity contribution in [1.29, 1.82) is 0 Å². The SMILES string of the molecule is C=C(C)C(=C)Oc1ccc(-c2ccc(-c3ccc(-c4ccc5cc6cc(OC(=O)C(=C)C)c(OC(=O)C(=C)C)cc6cc5c4)cc3)cc2)cc1OC(=O)C(=C)C. The molecule has 7 heteroatoms. The highest BCUT2D eigenvalue weighted by Gasteiger charge is 2.18. The lowest BCUT2D eigenvalue weighted by molar-refractivity contribution is -0.132. The fourth-order valence-electron chi connectivity index (χ4n) is 5.69. The van der Waals surface area contributed by atoms with Crippen molar-refractivity contribution in [2.45, 2.75) is 27.7 Å². The summed E-state index contributed by atoms with van der Waals surface area (Å²) >= 11 is 0. The molecule has 0 aliphatic heterocycles. The van der Waals surface area contributed by atoms with Crippen molar-refractivity contribution in [2.24, 2.45) is 0 Å². The Morgan fingerprint density at radius 2 is 0.679 bits per heavy atom. The Kier molecular flexibility index (Phi) is 11.0. The zero-order valence-electron chi connectivity index (χ0n) is 31.8. The first kappa shape index (κ1) is 38.5. The number of hydrogen-bond donors (Lipinski definition) is 0. The number of allylic oxidation sites excluding steroid dienone is 1. The summed E-state index contributed by atoms with van der Waals surface area (Å²) in [5.74, 6) is -0.601. The Morgan fingerprint density at radius 1 is 0.339 bits per heavy atom. The average Bonchev–Trinajstić information content (AvgIpc) is 3.17. The summed E-state index contributed by atoms with van der Waals surface area (Å²) in [5.41, 5.74) is 7.27. The zero-order valence-corrected chi connectivity index (χ0v) is 31.8. The predicted molar refractivity (Wildman–Crippen MR) is 224 cm³/mol. The zero-order chi connectivity index (χ0) is 40.3. The minimum absolute atomic E-state index is 0.113. The van der Waals surface area contributed by atoms with E-state index in [0.717, 1.165) is 54.9 Å². The molecule has 0 aliphatic carbocycles. The van der Waals surface area contributed by atoms with Gasteiger partial charge in [-0.3, -0.25) is 0 Å². The average molecular weight is 741 g/mol. The number of benzene rings is 6. The Balaban J connectivity index is 1.25. The molecule has 0 fully saturated rings. The third kappa shape index (κ3) is 8.59. The Bertz CT molecular complexity index is 2640. The van der Waals surface area contributed by atoms with Crippen molar-refractivity contribution in [2.75, 3.05) is 0 Å². The number of hydrogen-bond acceptors (Lipinski definition) is 7. The summed E-state index contributed by atoms with van der Waals surface area (Å²) in [7, 11) is 0. The Morgan fingerprint density at radius 3 is 1.11 bits per heavy atom. The van der Waals surface area contributed by atoms with Crippen LogP contribution in [0.5, 0.6) is 23.0 Å². The third-order valence-electron chi connectivity index (χ3n) is 8.93. The number of esters is 3. The second-order valence-electron chi connectivity index (χ2n) is 13.7. The highest BCUT2D eigenvalue weighted by atomic mass is 16.6. The molecule has 0 saturated heterocycles. The maximum Gasteiger partial charge on any atom is 0.338 e. The fourth-order valence-corrected chi connectivity index (χ4v) is 5.69. The first-order chi connectivity index (χ1) is 26.7. The summed E-state index contributed by atoms with van der Waals surface area (Å²) in [5, 5.41) is 3.58. The van der Waals surface area contributed by atoms with Crippen LogP contribution in [0.15, 0.2) is 170 Å². The van der Waals surface area contributed by atoms with Crippen LogP contribution in [-0.4, -0.2) is 17.9 Å². The lowest BCUT2D eigenvalue weighted by Gasteiger charge is -2.15. The van der Waals surface area contributed by atoms with Gasteiger partial charge < -0.3 is 18.9 Å². The molecule has 0 bridgehead atoms. The van der Waals surface area contributed by atoms with Gasteiger partial charge in [-0.1, -0.05) is 99.6 Å². The molecule has 0 unspecified atom stereocenters. The van der Waals surface area contributed by atoms with Gasteiger partial charge in [-0.25, -0.2) is 14.4 Å². The third-order valence-corrected chi connectivity index (χ3v) is 8.93. The molecular formula is C49H40O7. The molecule has 278 valence electrons. The molecule has 0 N–H and O–H groups in total. The van der Waals surface area contributed by atoms with E-state index in [9.17, 15) is 14.4 Å². The molecule has 0 amide bonds. The molecular weight excluding hydrogens is 701 g/mol. The van der Waals surface area contributed by atoms with E-state index in [-0.39, 0.29) is 34.0 Å². The van der Waals surface area contributed by atoms with Gasteiger partial charge >= 0.3 is 17.9 Å². The van der Waals surface area contributed by atoms with Gasteiger partial charge in [0.15, 0.2) is 23.0 Å². The van der Waals surface area contributed by atoms with E-state index in [1.54, 1.807) is 52.0 Å².